The third-order valence-corrected chi connectivity index (χ3v) is 8.78. The smallest absolute Gasteiger partial charge is 0.110 e. The van der Waals surface area contributed by atoms with Crippen LogP contribution in [0.1, 0.15) is 32.6 Å². The van der Waals surface area contributed by atoms with Crippen LogP contribution in [-0.4, -0.2) is 24.6 Å². The molecular weight excluding hydrogens is 304 g/mol. The number of rotatable bonds is 10. The maximum Gasteiger partial charge on any atom is 0.110 e. The van der Waals surface area contributed by atoms with Crippen LogP contribution < -0.4 is 0 Å². The molecule has 114 valence electrons. The molecule has 0 aliphatic heterocycles. The van der Waals surface area contributed by atoms with Crippen molar-refractivity contribution in [1.29, 1.82) is 15.8 Å². The SMILES string of the molecule is CCCP(=O)(/C=C/P(=O)(CCC#N)CCC#N)CCC#N. The van der Waals surface area contributed by atoms with Gasteiger partial charge in [0.25, 0.3) is 0 Å². The monoisotopic (exact) mass is 325 g/mol. The minimum atomic E-state index is -2.79. The van der Waals surface area contributed by atoms with Gasteiger partial charge >= 0.3 is 0 Å². The largest absolute Gasteiger partial charge is 0.319 e. The van der Waals surface area contributed by atoms with Crippen LogP contribution in [0.4, 0.5) is 0 Å². The molecule has 0 rings (SSSR count). The molecule has 0 aromatic rings. The lowest BCUT2D eigenvalue weighted by molar-refractivity contribution is 0.577. The Kier molecular flexibility index (Phi) is 9.75. The molecule has 0 aromatic carbocycles. The summed E-state index contributed by atoms with van der Waals surface area (Å²) in [6.45, 7) is 1.91. The first-order chi connectivity index (χ1) is 9.95. The second kappa shape index (κ2) is 10.4. The van der Waals surface area contributed by atoms with Gasteiger partial charge in [-0.1, -0.05) is 6.92 Å². The third-order valence-electron chi connectivity index (χ3n) is 3.02. The van der Waals surface area contributed by atoms with Gasteiger partial charge in [-0.05, 0) is 18.1 Å². The van der Waals surface area contributed by atoms with E-state index < -0.39 is 14.3 Å². The highest BCUT2D eigenvalue weighted by Gasteiger charge is 2.22. The molecule has 0 amide bonds. The van der Waals surface area contributed by atoms with Gasteiger partial charge in [0, 0.05) is 43.9 Å². The number of hydrogen-bond donors (Lipinski definition) is 0. The molecule has 0 N–H and O–H groups in total. The molecule has 1 unspecified atom stereocenters. The Labute approximate surface area is 127 Å². The molecule has 0 spiro atoms. The molecule has 0 aromatic heterocycles. The van der Waals surface area contributed by atoms with E-state index >= 15 is 0 Å². The number of nitriles is 3. The Hall–Kier alpha value is -1.33. The lowest BCUT2D eigenvalue weighted by atomic mass is 10.5. The molecule has 0 aliphatic rings. The van der Waals surface area contributed by atoms with E-state index in [0.29, 0.717) is 12.3 Å². The molecule has 0 fully saturated rings. The number of hydrogen-bond acceptors (Lipinski definition) is 5. The summed E-state index contributed by atoms with van der Waals surface area (Å²) in [5, 5.41) is 25.9. The van der Waals surface area contributed by atoms with Crippen LogP contribution in [0, 0.1) is 34.0 Å². The molecule has 0 heterocycles. The second-order valence-corrected chi connectivity index (χ2v) is 11.0. The standard InChI is InChI=1S/C14H21N3O2P2/c1-2-9-20(18,10-3-6-15)13-14-21(19,11-4-7-16)12-5-8-17/h13-14H,2-5,9-12H2,1H3/b14-13+. The van der Waals surface area contributed by atoms with Crippen LogP contribution in [0.15, 0.2) is 11.6 Å². The fourth-order valence-electron chi connectivity index (χ4n) is 1.86. The van der Waals surface area contributed by atoms with Crippen molar-refractivity contribution < 1.29 is 9.13 Å². The Morgan fingerprint density at radius 3 is 1.38 bits per heavy atom. The minimum Gasteiger partial charge on any atom is -0.319 e. The van der Waals surface area contributed by atoms with Crippen molar-refractivity contribution in [3.05, 3.63) is 11.6 Å². The van der Waals surface area contributed by atoms with Gasteiger partial charge < -0.3 is 9.13 Å². The Morgan fingerprint density at radius 1 is 0.762 bits per heavy atom. The van der Waals surface area contributed by atoms with Crippen LogP contribution in [0.5, 0.6) is 0 Å². The van der Waals surface area contributed by atoms with Gasteiger partial charge in [0.2, 0.25) is 0 Å². The molecule has 0 saturated heterocycles. The summed E-state index contributed by atoms with van der Waals surface area (Å²) in [7, 11) is -5.42. The van der Waals surface area contributed by atoms with Crippen molar-refractivity contribution in [1.82, 2.24) is 0 Å². The highest BCUT2D eigenvalue weighted by molar-refractivity contribution is 7.70. The summed E-state index contributed by atoms with van der Waals surface area (Å²) in [5.74, 6) is 3.00. The van der Waals surface area contributed by atoms with E-state index in [-0.39, 0.29) is 31.6 Å². The van der Waals surface area contributed by atoms with Crippen LogP contribution in [0.2, 0.25) is 0 Å². The fourth-order valence-corrected chi connectivity index (χ4v) is 7.04. The van der Waals surface area contributed by atoms with Crippen molar-refractivity contribution in [3.8, 4) is 18.2 Å². The van der Waals surface area contributed by atoms with Crippen molar-refractivity contribution >= 4 is 14.3 Å². The molecule has 21 heavy (non-hydrogen) atoms. The zero-order valence-electron chi connectivity index (χ0n) is 12.4. The second-order valence-electron chi connectivity index (χ2n) is 4.82. The lowest BCUT2D eigenvalue weighted by Gasteiger charge is -2.15. The van der Waals surface area contributed by atoms with Crippen LogP contribution in [0.3, 0.4) is 0 Å². The molecule has 7 heteroatoms. The average molecular weight is 325 g/mol. The van der Waals surface area contributed by atoms with Crippen LogP contribution >= 0.6 is 14.3 Å². The Balaban J connectivity index is 5.13. The average Bonchev–Trinajstić information content (AvgIpc) is 2.48. The van der Waals surface area contributed by atoms with Crippen LogP contribution in [0.25, 0.3) is 0 Å². The summed E-state index contributed by atoms with van der Waals surface area (Å²) in [4.78, 5) is 0. The normalized spacial score (nSPS) is 14.0. The van der Waals surface area contributed by atoms with E-state index in [1.165, 1.54) is 11.6 Å². The summed E-state index contributed by atoms with van der Waals surface area (Å²) >= 11 is 0. The zero-order chi connectivity index (χ0) is 16.2. The Bertz CT molecular complexity index is 542. The van der Waals surface area contributed by atoms with Crippen molar-refractivity contribution in [2.75, 3.05) is 24.6 Å². The van der Waals surface area contributed by atoms with Gasteiger partial charge in [-0.2, -0.15) is 15.8 Å². The molecular formula is C14H21N3O2P2. The van der Waals surface area contributed by atoms with Gasteiger partial charge in [-0.3, -0.25) is 0 Å². The van der Waals surface area contributed by atoms with Gasteiger partial charge in [-0.15, -0.1) is 0 Å². The summed E-state index contributed by atoms with van der Waals surface area (Å²) in [6.07, 6.45) is 2.47. The van der Waals surface area contributed by atoms with E-state index in [9.17, 15) is 9.13 Å². The fraction of sp³-hybridized carbons (Fsp3) is 0.643. The molecule has 1 atom stereocenters. The van der Waals surface area contributed by atoms with Gasteiger partial charge in [0.15, 0.2) is 0 Å². The van der Waals surface area contributed by atoms with E-state index in [4.69, 9.17) is 15.8 Å². The van der Waals surface area contributed by atoms with Crippen LogP contribution in [-0.2, 0) is 9.13 Å². The van der Waals surface area contributed by atoms with Gasteiger partial charge in [-0.25, -0.2) is 0 Å². The summed E-state index contributed by atoms with van der Waals surface area (Å²) in [5.41, 5.74) is 0. The molecule has 0 radical (unpaired) electrons. The van der Waals surface area contributed by atoms with E-state index in [2.05, 4.69) is 0 Å². The predicted octanol–water partition coefficient (Wildman–Crippen LogP) is 4.33. The highest BCUT2D eigenvalue weighted by Crippen LogP contribution is 2.55. The predicted molar refractivity (Wildman–Crippen MR) is 84.8 cm³/mol. The third kappa shape index (κ3) is 8.52. The maximum absolute atomic E-state index is 12.7. The van der Waals surface area contributed by atoms with Gasteiger partial charge in [0.05, 0.1) is 18.2 Å². The quantitative estimate of drug-likeness (QED) is 0.556. The van der Waals surface area contributed by atoms with E-state index in [1.54, 1.807) is 0 Å². The van der Waals surface area contributed by atoms with Crippen molar-refractivity contribution in [2.45, 2.75) is 32.6 Å². The van der Waals surface area contributed by atoms with Crippen molar-refractivity contribution in [3.63, 3.8) is 0 Å². The molecule has 5 nitrogen and oxygen atoms in total. The first-order valence-corrected chi connectivity index (χ1v) is 11.2. The van der Waals surface area contributed by atoms with Crippen molar-refractivity contribution in [2.24, 2.45) is 0 Å². The number of nitrogens with zero attached hydrogens (tertiary/aromatic N) is 3. The summed E-state index contributed by atoms with van der Waals surface area (Å²) < 4.78 is 25.4. The topological polar surface area (TPSA) is 106 Å². The minimum absolute atomic E-state index is 0.156. The maximum atomic E-state index is 12.7. The lowest BCUT2D eigenvalue weighted by Crippen LogP contribution is -1.95. The van der Waals surface area contributed by atoms with E-state index in [0.717, 1.165) is 6.42 Å². The first-order valence-electron chi connectivity index (χ1n) is 6.92. The van der Waals surface area contributed by atoms with Gasteiger partial charge in [0.1, 0.15) is 14.3 Å². The zero-order valence-corrected chi connectivity index (χ0v) is 14.2. The first kappa shape index (κ1) is 19.7. The molecule has 0 aliphatic carbocycles. The summed E-state index contributed by atoms with van der Waals surface area (Å²) in [6, 6.07) is 5.90. The van der Waals surface area contributed by atoms with E-state index in [1.807, 2.05) is 25.1 Å². The highest BCUT2D eigenvalue weighted by atomic mass is 31.2. The molecule has 0 bridgehead atoms. The molecule has 0 saturated carbocycles. The Morgan fingerprint density at radius 2 is 1.10 bits per heavy atom.